The van der Waals surface area contributed by atoms with Gasteiger partial charge in [-0.15, -0.1) is 0 Å². The monoisotopic (exact) mass is 248 g/mol. The molecule has 2 aliphatic carbocycles. The predicted molar refractivity (Wildman–Crippen MR) is 71.7 cm³/mol. The average Bonchev–Trinajstić information content (AvgIpc) is 2.77. The third-order valence-electron chi connectivity index (χ3n) is 4.77. The number of nitrogens with zero attached hydrogens (tertiary/aromatic N) is 2. The highest BCUT2D eigenvalue weighted by Gasteiger charge is 2.55. The van der Waals surface area contributed by atoms with Crippen LogP contribution in [0, 0.1) is 17.8 Å². The van der Waals surface area contributed by atoms with Gasteiger partial charge in [-0.3, -0.25) is 16.0 Å². The molecule has 4 nitrogen and oxygen atoms in total. The molecule has 2 aliphatic rings. The lowest BCUT2D eigenvalue weighted by atomic mass is 10.0. The van der Waals surface area contributed by atoms with E-state index < -0.39 is 0 Å². The van der Waals surface area contributed by atoms with Crippen molar-refractivity contribution in [1.82, 2.24) is 15.2 Å². The molecule has 2 saturated carbocycles. The topological polar surface area (TPSA) is 55.9 Å². The highest BCUT2D eigenvalue weighted by Crippen LogP contribution is 2.59. The first kappa shape index (κ1) is 12.2. The normalized spacial score (nSPS) is 31.7. The van der Waals surface area contributed by atoms with Gasteiger partial charge in [-0.05, 0) is 50.5 Å². The van der Waals surface area contributed by atoms with E-state index in [-0.39, 0.29) is 0 Å². The second-order valence-corrected chi connectivity index (χ2v) is 6.19. The van der Waals surface area contributed by atoms with E-state index in [2.05, 4.69) is 36.6 Å². The molecule has 3 rings (SSSR count). The molecule has 18 heavy (non-hydrogen) atoms. The van der Waals surface area contributed by atoms with Crippen LogP contribution in [0.3, 0.4) is 0 Å². The summed E-state index contributed by atoms with van der Waals surface area (Å²) in [6.07, 6.45) is 7.28. The van der Waals surface area contributed by atoms with Crippen LogP contribution in [-0.4, -0.2) is 15.8 Å². The lowest BCUT2D eigenvalue weighted by Crippen LogP contribution is -2.39. The Morgan fingerprint density at radius 1 is 1.44 bits per heavy atom. The first-order valence-electron chi connectivity index (χ1n) is 7.21. The van der Waals surface area contributed by atoms with Gasteiger partial charge in [-0.2, -0.15) is 5.10 Å². The maximum atomic E-state index is 5.75. The van der Waals surface area contributed by atoms with E-state index in [0.717, 1.165) is 29.9 Å². The quantitative estimate of drug-likeness (QED) is 0.618. The molecule has 1 aromatic heterocycles. The molecule has 0 saturated heterocycles. The molecule has 3 N–H and O–H groups in total. The molecule has 0 bridgehead atoms. The van der Waals surface area contributed by atoms with Crippen LogP contribution in [-0.2, 0) is 6.42 Å². The Labute approximate surface area is 109 Å². The fraction of sp³-hybridized carbons (Fsp3) is 0.786. The minimum atomic E-state index is 0.413. The van der Waals surface area contributed by atoms with Crippen molar-refractivity contribution in [2.24, 2.45) is 23.6 Å². The van der Waals surface area contributed by atoms with E-state index in [0.29, 0.717) is 12.1 Å². The third kappa shape index (κ3) is 2.08. The summed E-state index contributed by atoms with van der Waals surface area (Å²) in [7, 11) is 0. The van der Waals surface area contributed by atoms with Gasteiger partial charge in [0.1, 0.15) is 0 Å². The van der Waals surface area contributed by atoms with Crippen LogP contribution < -0.4 is 11.3 Å². The molecule has 100 valence electrons. The molecule has 0 amide bonds. The highest BCUT2D eigenvalue weighted by molar-refractivity contribution is 5.10. The minimum absolute atomic E-state index is 0.413. The third-order valence-corrected chi connectivity index (χ3v) is 4.77. The summed E-state index contributed by atoms with van der Waals surface area (Å²) in [6, 6.07) is 2.97. The second-order valence-electron chi connectivity index (χ2n) is 6.19. The van der Waals surface area contributed by atoms with Crippen molar-refractivity contribution in [3.8, 4) is 0 Å². The van der Waals surface area contributed by atoms with Crippen LogP contribution in [0.1, 0.15) is 44.8 Å². The maximum absolute atomic E-state index is 5.75. The van der Waals surface area contributed by atoms with Gasteiger partial charge >= 0.3 is 0 Å². The minimum Gasteiger partial charge on any atom is -0.271 e. The molecule has 3 atom stereocenters. The summed E-state index contributed by atoms with van der Waals surface area (Å²) >= 11 is 0. The van der Waals surface area contributed by atoms with Crippen LogP contribution in [0.2, 0.25) is 0 Å². The zero-order valence-electron chi connectivity index (χ0n) is 11.3. The van der Waals surface area contributed by atoms with E-state index in [1.165, 1.54) is 19.3 Å². The lowest BCUT2D eigenvalue weighted by molar-refractivity contribution is 0.404. The Hall–Kier alpha value is -0.870. The van der Waals surface area contributed by atoms with Crippen molar-refractivity contribution in [2.75, 3.05) is 0 Å². The van der Waals surface area contributed by atoms with E-state index in [4.69, 9.17) is 5.84 Å². The fourth-order valence-corrected chi connectivity index (χ4v) is 3.78. The number of aromatic nitrogens is 2. The summed E-state index contributed by atoms with van der Waals surface area (Å²) in [6.45, 7) is 4.31. The molecule has 0 aromatic carbocycles. The van der Waals surface area contributed by atoms with E-state index in [1.807, 2.05) is 4.68 Å². The molecule has 2 fully saturated rings. The summed E-state index contributed by atoms with van der Waals surface area (Å²) in [5.41, 5.74) is 4.19. The Balaban J connectivity index is 1.63. The highest BCUT2D eigenvalue weighted by atomic mass is 15.3. The number of nitrogens with one attached hydrogen (secondary N) is 1. The van der Waals surface area contributed by atoms with Crippen LogP contribution in [0.4, 0.5) is 0 Å². The zero-order valence-corrected chi connectivity index (χ0v) is 11.3. The molecule has 3 unspecified atom stereocenters. The average molecular weight is 248 g/mol. The molecular weight excluding hydrogens is 224 g/mol. The van der Waals surface area contributed by atoms with Gasteiger partial charge < -0.3 is 0 Å². The van der Waals surface area contributed by atoms with Gasteiger partial charge in [0, 0.05) is 24.7 Å². The molecule has 4 heteroatoms. The summed E-state index contributed by atoms with van der Waals surface area (Å²) < 4.78 is 2.02. The van der Waals surface area contributed by atoms with Crippen molar-refractivity contribution < 1.29 is 0 Å². The van der Waals surface area contributed by atoms with Gasteiger partial charge in [-0.1, -0.05) is 6.42 Å². The Morgan fingerprint density at radius 2 is 2.17 bits per heavy atom. The van der Waals surface area contributed by atoms with Crippen molar-refractivity contribution >= 4 is 0 Å². The van der Waals surface area contributed by atoms with E-state index in [1.54, 1.807) is 0 Å². The van der Waals surface area contributed by atoms with E-state index in [9.17, 15) is 0 Å². The van der Waals surface area contributed by atoms with Crippen molar-refractivity contribution in [2.45, 2.75) is 51.6 Å². The van der Waals surface area contributed by atoms with E-state index >= 15 is 0 Å². The largest absolute Gasteiger partial charge is 0.271 e. The second kappa shape index (κ2) is 4.67. The van der Waals surface area contributed by atoms with Gasteiger partial charge in [-0.25, -0.2) is 0 Å². The SMILES string of the molecule is CC(C)n1ccc(CC(NN)C2C3CCCC32)n1. The Kier molecular flexibility index (Phi) is 3.16. The van der Waals surface area contributed by atoms with Crippen molar-refractivity contribution in [3.63, 3.8) is 0 Å². The molecular formula is C14H24N4. The molecule has 1 heterocycles. The molecule has 0 spiro atoms. The van der Waals surface area contributed by atoms with Gasteiger partial charge in [0.25, 0.3) is 0 Å². The number of hydrogen-bond donors (Lipinski definition) is 2. The maximum Gasteiger partial charge on any atom is 0.0640 e. The Bertz CT molecular complexity index is 402. The van der Waals surface area contributed by atoms with Crippen molar-refractivity contribution in [1.29, 1.82) is 0 Å². The number of hydrogen-bond acceptors (Lipinski definition) is 3. The predicted octanol–water partition coefficient (Wildman–Crippen LogP) is 1.88. The summed E-state index contributed by atoms with van der Waals surface area (Å²) in [4.78, 5) is 0. The van der Waals surface area contributed by atoms with Crippen molar-refractivity contribution in [3.05, 3.63) is 18.0 Å². The number of hydrazine groups is 1. The van der Waals surface area contributed by atoms with Gasteiger partial charge in [0.2, 0.25) is 0 Å². The van der Waals surface area contributed by atoms with Crippen LogP contribution in [0.5, 0.6) is 0 Å². The Morgan fingerprint density at radius 3 is 2.72 bits per heavy atom. The zero-order chi connectivity index (χ0) is 12.7. The fourth-order valence-electron chi connectivity index (χ4n) is 3.78. The smallest absolute Gasteiger partial charge is 0.0640 e. The first-order valence-corrected chi connectivity index (χ1v) is 7.21. The lowest BCUT2D eigenvalue weighted by Gasteiger charge is -2.16. The van der Waals surface area contributed by atoms with Crippen LogP contribution >= 0.6 is 0 Å². The van der Waals surface area contributed by atoms with Gasteiger partial charge in [0.05, 0.1) is 5.69 Å². The summed E-state index contributed by atoms with van der Waals surface area (Å²) in [5.74, 6) is 8.43. The van der Waals surface area contributed by atoms with Crippen LogP contribution in [0.15, 0.2) is 12.3 Å². The number of fused-ring (bicyclic) bond motifs is 1. The van der Waals surface area contributed by atoms with Crippen LogP contribution in [0.25, 0.3) is 0 Å². The summed E-state index contributed by atoms with van der Waals surface area (Å²) in [5, 5.41) is 4.62. The molecule has 0 aliphatic heterocycles. The van der Waals surface area contributed by atoms with Gasteiger partial charge in [0.15, 0.2) is 0 Å². The molecule has 0 radical (unpaired) electrons. The number of rotatable bonds is 5. The standard InChI is InChI=1S/C14H24N4/c1-9(2)18-7-6-10(17-18)8-13(16-15)14-11-4-3-5-12(11)14/h6-7,9,11-14,16H,3-5,8,15H2,1-2H3. The number of nitrogens with two attached hydrogens (primary N) is 1. The molecule has 1 aromatic rings. The first-order chi connectivity index (χ1) is 8.70.